The molecule has 4 nitrogen and oxygen atoms in total. The fourth-order valence-electron chi connectivity index (χ4n) is 3.22. The third kappa shape index (κ3) is 2.69. The van der Waals surface area contributed by atoms with Gasteiger partial charge in [0.05, 0.1) is 7.11 Å². The molecule has 1 heterocycles. The van der Waals surface area contributed by atoms with E-state index in [0.717, 1.165) is 25.8 Å². The van der Waals surface area contributed by atoms with Crippen LogP contribution in [0, 0.1) is 5.92 Å². The highest BCUT2D eigenvalue weighted by Gasteiger charge is 2.50. The number of methoxy groups -OCH3 is 1. The summed E-state index contributed by atoms with van der Waals surface area (Å²) in [4.78, 5) is 14.4. The van der Waals surface area contributed by atoms with Gasteiger partial charge >= 0.3 is 5.97 Å². The van der Waals surface area contributed by atoms with E-state index in [1.165, 1.54) is 26.4 Å². The number of likely N-dealkylation sites (tertiary alicyclic amines) is 1. The Bertz CT molecular complexity index is 304. The van der Waals surface area contributed by atoms with E-state index in [1.807, 2.05) is 0 Å². The van der Waals surface area contributed by atoms with Crippen molar-refractivity contribution >= 4 is 5.97 Å². The molecule has 0 radical (unpaired) electrons. The summed E-state index contributed by atoms with van der Waals surface area (Å²) in [7, 11) is 1.44. The number of piperidine rings is 1. The molecule has 0 spiro atoms. The first kappa shape index (κ1) is 13.8. The van der Waals surface area contributed by atoms with Crippen LogP contribution < -0.4 is 5.73 Å². The second-order valence-corrected chi connectivity index (χ2v) is 5.83. The molecule has 104 valence electrons. The molecular weight excluding hydrogens is 228 g/mol. The molecule has 1 saturated heterocycles. The molecule has 2 N–H and O–H groups in total. The van der Waals surface area contributed by atoms with Crippen LogP contribution in [0.4, 0.5) is 0 Å². The van der Waals surface area contributed by atoms with Gasteiger partial charge < -0.3 is 10.5 Å². The Morgan fingerprint density at radius 3 is 2.67 bits per heavy atom. The fourth-order valence-corrected chi connectivity index (χ4v) is 3.22. The molecule has 2 fully saturated rings. The first-order valence-electron chi connectivity index (χ1n) is 7.23. The van der Waals surface area contributed by atoms with E-state index in [1.54, 1.807) is 0 Å². The lowest BCUT2D eigenvalue weighted by atomic mass is 9.90. The standard InChI is InChI=1S/C14H26N2O2/c1-3-12-6-4-5-9-16(12)10-14(15,11-7-8-11)13(17)18-2/h11-12H,3-10,15H2,1-2H3. The van der Waals surface area contributed by atoms with E-state index in [9.17, 15) is 4.79 Å². The predicted molar refractivity (Wildman–Crippen MR) is 71.2 cm³/mol. The SMILES string of the molecule is CCC1CCCCN1CC(N)(C(=O)OC)C1CC1. The van der Waals surface area contributed by atoms with E-state index in [0.29, 0.717) is 18.5 Å². The largest absolute Gasteiger partial charge is 0.468 e. The van der Waals surface area contributed by atoms with Gasteiger partial charge in [-0.05, 0) is 44.6 Å². The number of rotatable bonds is 5. The minimum atomic E-state index is -0.778. The van der Waals surface area contributed by atoms with E-state index < -0.39 is 5.54 Å². The summed E-state index contributed by atoms with van der Waals surface area (Å²) in [6, 6.07) is 0.588. The van der Waals surface area contributed by atoms with Gasteiger partial charge in [0.2, 0.25) is 0 Å². The average molecular weight is 254 g/mol. The molecule has 2 atom stereocenters. The van der Waals surface area contributed by atoms with Gasteiger partial charge in [-0.2, -0.15) is 0 Å². The highest BCUT2D eigenvalue weighted by Crippen LogP contribution is 2.40. The highest BCUT2D eigenvalue weighted by molar-refractivity contribution is 5.81. The predicted octanol–water partition coefficient (Wildman–Crippen LogP) is 1.53. The molecule has 2 rings (SSSR count). The molecular formula is C14H26N2O2. The first-order valence-corrected chi connectivity index (χ1v) is 7.23. The van der Waals surface area contributed by atoms with Crippen molar-refractivity contribution in [3.8, 4) is 0 Å². The van der Waals surface area contributed by atoms with Crippen LogP contribution in [0.1, 0.15) is 45.4 Å². The van der Waals surface area contributed by atoms with Crippen molar-refractivity contribution < 1.29 is 9.53 Å². The Balaban J connectivity index is 2.05. The molecule has 2 unspecified atom stereocenters. The van der Waals surface area contributed by atoms with Gasteiger partial charge in [-0.1, -0.05) is 13.3 Å². The van der Waals surface area contributed by atoms with Crippen LogP contribution in [0.5, 0.6) is 0 Å². The summed E-state index contributed by atoms with van der Waals surface area (Å²) in [6.45, 7) is 3.96. The van der Waals surface area contributed by atoms with Crippen molar-refractivity contribution in [3.05, 3.63) is 0 Å². The zero-order chi connectivity index (χ0) is 13.2. The molecule has 18 heavy (non-hydrogen) atoms. The zero-order valence-corrected chi connectivity index (χ0v) is 11.7. The Labute approximate surface area is 110 Å². The Kier molecular flexibility index (Phi) is 4.28. The van der Waals surface area contributed by atoms with Crippen LogP contribution in [-0.4, -0.2) is 42.6 Å². The maximum absolute atomic E-state index is 12.0. The van der Waals surface area contributed by atoms with Crippen molar-refractivity contribution in [1.29, 1.82) is 0 Å². The first-order chi connectivity index (χ1) is 8.61. The second kappa shape index (κ2) is 5.57. The van der Waals surface area contributed by atoms with E-state index in [-0.39, 0.29) is 5.97 Å². The van der Waals surface area contributed by atoms with Gasteiger partial charge in [-0.25, -0.2) is 0 Å². The van der Waals surface area contributed by atoms with Crippen LogP contribution in [0.3, 0.4) is 0 Å². The summed E-state index contributed by atoms with van der Waals surface area (Å²) in [5, 5.41) is 0. The van der Waals surface area contributed by atoms with Gasteiger partial charge in [-0.15, -0.1) is 0 Å². The Morgan fingerprint density at radius 1 is 1.39 bits per heavy atom. The molecule has 4 heteroatoms. The van der Waals surface area contributed by atoms with Gasteiger partial charge in [-0.3, -0.25) is 9.69 Å². The van der Waals surface area contributed by atoms with Crippen LogP contribution in [0.2, 0.25) is 0 Å². The molecule has 0 aromatic rings. The lowest BCUT2D eigenvalue weighted by Crippen LogP contribution is -2.60. The Hall–Kier alpha value is -0.610. The number of carbonyl (C=O) groups excluding carboxylic acids is 1. The lowest BCUT2D eigenvalue weighted by Gasteiger charge is -2.40. The number of nitrogens with two attached hydrogens (primary N) is 1. The third-order valence-corrected chi connectivity index (χ3v) is 4.56. The van der Waals surface area contributed by atoms with Crippen LogP contribution in [0.25, 0.3) is 0 Å². The van der Waals surface area contributed by atoms with Gasteiger partial charge in [0.15, 0.2) is 0 Å². The number of hydrogen-bond donors (Lipinski definition) is 1. The number of nitrogens with zero attached hydrogens (tertiary/aromatic N) is 1. The quantitative estimate of drug-likeness (QED) is 0.756. The van der Waals surface area contributed by atoms with Crippen molar-refractivity contribution in [1.82, 2.24) is 4.90 Å². The molecule has 1 aliphatic heterocycles. The smallest absolute Gasteiger partial charge is 0.327 e. The summed E-state index contributed by atoms with van der Waals surface area (Å²) < 4.78 is 4.94. The van der Waals surface area contributed by atoms with Gasteiger partial charge in [0, 0.05) is 12.6 Å². The normalized spacial score (nSPS) is 28.7. The van der Waals surface area contributed by atoms with Crippen molar-refractivity contribution in [2.75, 3.05) is 20.2 Å². The summed E-state index contributed by atoms with van der Waals surface area (Å²) in [5.74, 6) is 0.0924. The number of hydrogen-bond acceptors (Lipinski definition) is 4. The summed E-state index contributed by atoms with van der Waals surface area (Å²) >= 11 is 0. The maximum atomic E-state index is 12.0. The zero-order valence-electron chi connectivity index (χ0n) is 11.7. The number of ether oxygens (including phenoxy) is 1. The minimum absolute atomic E-state index is 0.231. The molecule has 0 aromatic heterocycles. The van der Waals surface area contributed by atoms with E-state index >= 15 is 0 Å². The monoisotopic (exact) mass is 254 g/mol. The molecule has 2 aliphatic rings. The van der Waals surface area contributed by atoms with Gasteiger partial charge in [0.25, 0.3) is 0 Å². The molecule has 0 aromatic carbocycles. The molecule has 0 bridgehead atoms. The van der Waals surface area contributed by atoms with Crippen LogP contribution >= 0.6 is 0 Å². The number of carbonyl (C=O) groups is 1. The summed E-state index contributed by atoms with van der Waals surface area (Å²) in [6.07, 6.45) is 7.03. The third-order valence-electron chi connectivity index (χ3n) is 4.56. The molecule has 1 saturated carbocycles. The molecule has 1 aliphatic carbocycles. The van der Waals surface area contributed by atoms with Crippen molar-refractivity contribution in [2.24, 2.45) is 11.7 Å². The van der Waals surface area contributed by atoms with E-state index in [4.69, 9.17) is 10.5 Å². The van der Waals surface area contributed by atoms with Crippen LogP contribution in [0.15, 0.2) is 0 Å². The van der Waals surface area contributed by atoms with Crippen LogP contribution in [-0.2, 0) is 9.53 Å². The Morgan fingerprint density at radius 2 is 2.11 bits per heavy atom. The van der Waals surface area contributed by atoms with E-state index in [2.05, 4.69) is 11.8 Å². The highest BCUT2D eigenvalue weighted by atomic mass is 16.5. The van der Waals surface area contributed by atoms with Gasteiger partial charge in [0.1, 0.15) is 5.54 Å². The van der Waals surface area contributed by atoms with Crippen molar-refractivity contribution in [3.63, 3.8) is 0 Å². The van der Waals surface area contributed by atoms with Crippen molar-refractivity contribution in [2.45, 2.75) is 57.0 Å². The fraction of sp³-hybridized carbons (Fsp3) is 0.929. The summed E-state index contributed by atoms with van der Waals surface area (Å²) in [5.41, 5.74) is 5.61. The number of esters is 1. The minimum Gasteiger partial charge on any atom is -0.468 e. The maximum Gasteiger partial charge on any atom is 0.327 e. The molecule has 0 amide bonds. The average Bonchev–Trinajstić information content (AvgIpc) is 3.22. The lowest BCUT2D eigenvalue weighted by molar-refractivity contribution is -0.149. The topological polar surface area (TPSA) is 55.6 Å². The second-order valence-electron chi connectivity index (χ2n) is 5.83.